The van der Waals surface area contributed by atoms with Gasteiger partial charge in [0.15, 0.2) is 0 Å². The fourth-order valence-corrected chi connectivity index (χ4v) is 1.02. The topological polar surface area (TPSA) is 36.9 Å². The van der Waals surface area contributed by atoms with Crippen LogP contribution in [0.4, 0.5) is 0 Å². The van der Waals surface area contributed by atoms with Gasteiger partial charge in [0.25, 0.3) is 0 Å². The van der Waals surface area contributed by atoms with Gasteiger partial charge in [-0.3, -0.25) is 0 Å². The fraction of sp³-hybridized carbons (Fsp3) is 0.800. The highest BCUT2D eigenvalue weighted by Gasteiger charge is 2.33. The minimum Gasteiger partial charge on any atom is -0.446 e. The van der Waals surface area contributed by atoms with Crippen LogP contribution in [0.25, 0.3) is 0 Å². The van der Waals surface area contributed by atoms with Crippen molar-refractivity contribution in [3.8, 4) is 0 Å². The van der Waals surface area contributed by atoms with Crippen LogP contribution in [-0.4, -0.2) is 32.4 Å². The smallest absolute Gasteiger partial charge is 0.351 e. The lowest BCUT2D eigenvalue weighted by atomic mass is 10.5. The Hall–Kier alpha value is -0.580. The monoisotopic (exact) mass is 204 g/mol. The van der Waals surface area contributed by atoms with E-state index < -0.39 is 5.97 Å². The second-order valence-corrected chi connectivity index (χ2v) is 2.47. The summed E-state index contributed by atoms with van der Waals surface area (Å²) >= 11 is 0. The molecule has 0 aliphatic rings. The minimum absolute atomic E-state index is 0.233. The third-order valence-corrected chi connectivity index (χ3v) is 1.47. The molecule has 0 N–H and O–H groups in total. The summed E-state index contributed by atoms with van der Waals surface area (Å²) in [6.07, 6.45) is 1.30. The molecule has 0 spiro atoms. The number of hydrogen-bond acceptors (Lipinski definition) is 4. The maximum atomic E-state index is 5.37. The highest BCUT2D eigenvalue weighted by Crippen LogP contribution is 2.16. The van der Waals surface area contributed by atoms with Crippen molar-refractivity contribution in [3.63, 3.8) is 0 Å². The van der Waals surface area contributed by atoms with E-state index in [4.69, 9.17) is 18.9 Å². The third-order valence-electron chi connectivity index (χ3n) is 1.47. The van der Waals surface area contributed by atoms with E-state index in [0.717, 1.165) is 0 Å². The van der Waals surface area contributed by atoms with E-state index in [1.807, 2.05) is 20.8 Å². The maximum Gasteiger partial charge on any atom is 0.351 e. The molecule has 0 amide bonds. The van der Waals surface area contributed by atoms with Crippen molar-refractivity contribution < 1.29 is 18.9 Å². The lowest BCUT2D eigenvalue weighted by molar-refractivity contribution is -0.373. The van der Waals surface area contributed by atoms with Crippen molar-refractivity contribution in [2.75, 3.05) is 26.4 Å². The fourth-order valence-electron chi connectivity index (χ4n) is 1.02. The zero-order valence-electron chi connectivity index (χ0n) is 9.25. The zero-order chi connectivity index (χ0) is 10.9. The van der Waals surface area contributed by atoms with E-state index in [9.17, 15) is 0 Å². The Morgan fingerprint density at radius 3 is 2.00 bits per heavy atom. The molecular formula is C10H20O4. The molecule has 0 rings (SSSR count). The molecule has 0 bridgehead atoms. The van der Waals surface area contributed by atoms with Gasteiger partial charge in [0.2, 0.25) is 0 Å². The van der Waals surface area contributed by atoms with E-state index >= 15 is 0 Å². The summed E-state index contributed by atoms with van der Waals surface area (Å²) in [6, 6.07) is 0. The van der Waals surface area contributed by atoms with E-state index in [-0.39, 0.29) is 6.61 Å². The van der Waals surface area contributed by atoms with Gasteiger partial charge in [-0.05, 0) is 20.8 Å². The first-order valence-corrected chi connectivity index (χ1v) is 4.89. The molecule has 4 nitrogen and oxygen atoms in total. The molecule has 0 aromatic carbocycles. The largest absolute Gasteiger partial charge is 0.446 e. The molecular weight excluding hydrogens is 184 g/mol. The van der Waals surface area contributed by atoms with Gasteiger partial charge in [-0.15, -0.1) is 0 Å². The summed E-state index contributed by atoms with van der Waals surface area (Å²) in [4.78, 5) is 0. The standard InChI is InChI=1S/C10H20O4/c1-5-11-9-10(12-6-2,13-7-3)14-8-4/h6H,2,5,7-9H2,1,3-4H3. The van der Waals surface area contributed by atoms with Crippen molar-refractivity contribution in [1.29, 1.82) is 0 Å². The molecule has 0 saturated heterocycles. The molecule has 0 heterocycles. The first-order chi connectivity index (χ1) is 6.74. The molecule has 0 saturated carbocycles. The van der Waals surface area contributed by atoms with Crippen molar-refractivity contribution in [2.24, 2.45) is 0 Å². The van der Waals surface area contributed by atoms with Crippen LogP contribution in [0.5, 0.6) is 0 Å². The van der Waals surface area contributed by atoms with Crippen LogP contribution in [-0.2, 0) is 18.9 Å². The number of hydrogen-bond donors (Lipinski definition) is 0. The van der Waals surface area contributed by atoms with Crippen LogP contribution in [0.1, 0.15) is 20.8 Å². The quantitative estimate of drug-likeness (QED) is 0.424. The Balaban J connectivity index is 4.28. The van der Waals surface area contributed by atoms with Crippen molar-refractivity contribution in [1.82, 2.24) is 0 Å². The van der Waals surface area contributed by atoms with Crippen LogP contribution in [0.15, 0.2) is 12.8 Å². The normalized spacial score (nSPS) is 11.4. The Morgan fingerprint density at radius 1 is 1.07 bits per heavy atom. The predicted molar refractivity (Wildman–Crippen MR) is 53.8 cm³/mol. The first-order valence-electron chi connectivity index (χ1n) is 4.89. The average Bonchev–Trinajstić information content (AvgIpc) is 2.16. The van der Waals surface area contributed by atoms with Crippen LogP contribution < -0.4 is 0 Å². The van der Waals surface area contributed by atoms with Crippen LogP contribution in [0.3, 0.4) is 0 Å². The summed E-state index contributed by atoms with van der Waals surface area (Å²) in [5, 5.41) is 0. The number of ether oxygens (including phenoxy) is 4. The highest BCUT2D eigenvalue weighted by molar-refractivity contribution is 4.62. The lowest BCUT2D eigenvalue weighted by Crippen LogP contribution is -2.42. The second kappa shape index (κ2) is 7.79. The first kappa shape index (κ1) is 13.4. The van der Waals surface area contributed by atoms with Gasteiger partial charge in [-0.2, -0.15) is 0 Å². The molecule has 0 atom stereocenters. The molecule has 0 aliphatic heterocycles. The minimum atomic E-state index is -1.14. The molecule has 0 unspecified atom stereocenters. The summed E-state index contributed by atoms with van der Waals surface area (Å²) < 4.78 is 21.2. The second-order valence-electron chi connectivity index (χ2n) is 2.47. The summed E-state index contributed by atoms with van der Waals surface area (Å²) in [6.45, 7) is 10.9. The molecule has 0 fully saturated rings. The van der Waals surface area contributed by atoms with E-state index in [2.05, 4.69) is 6.58 Å². The highest BCUT2D eigenvalue weighted by atomic mass is 16.9. The molecule has 0 radical (unpaired) electrons. The van der Waals surface area contributed by atoms with Gasteiger partial charge in [0.1, 0.15) is 6.61 Å². The van der Waals surface area contributed by atoms with Gasteiger partial charge in [0.05, 0.1) is 19.5 Å². The van der Waals surface area contributed by atoms with Crippen molar-refractivity contribution in [2.45, 2.75) is 26.7 Å². The summed E-state index contributed by atoms with van der Waals surface area (Å²) in [7, 11) is 0. The third kappa shape index (κ3) is 4.60. The van der Waals surface area contributed by atoms with E-state index in [1.54, 1.807) is 0 Å². The molecule has 14 heavy (non-hydrogen) atoms. The van der Waals surface area contributed by atoms with Crippen molar-refractivity contribution in [3.05, 3.63) is 12.8 Å². The van der Waals surface area contributed by atoms with E-state index in [1.165, 1.54) is 6.26 Å². The zero-order valence-corrected chi connectivity index (χ0v) is 9.25. The van der Waals surface area contributed by atoms with Crippen LogP contribution >= 0.6 is 0 Å². The number of rotatable bonds is 9. The Kier molecular flexibility index (Phi) is 7.47. The van der Waals surface area contributed by atoms with Gasteiger partial charge in [-0.25, -0.2) is 0 Å². The van der Waals surface area contributed by atoms with Crippen LogP contribution in [0, 0.1) is 0 Å². The molecule has 0 aromatic heterocycles. The lowest BCUT2D eigenvalue weighted by Gasteiger charge is -2.30. The average molecular weight is 204 g/mol. The molecule has 84 valence electrons. The van der Waals surface area contributed by atoms with E-state index in [0.29, 0.717) is 19.8 Å². The Bertz CT molecular complexity index is 141. The Morgan fingerprint density at radius 2 is 1.64 bits per heavy atom. The maximum absolute atomic E-state index is 5.37. The molecule has 0 aliphatic carbocycles. The molecule has 4 heteroatoms. The van der Waals surface area contributed by atoms with Gasteiger partial charge in [-0.1, -0.05) is 6.58 Å². The van der Waals surface area contributed by atoms with Crippen molar-refractivity contribution >= 4 is 0 Å². The van der Waals surface area contributed by atoms with Crippen LogP contribution in [0.2, 0.25) is 0 Å². The summed E-state index contributed by atoms with van der Waals surface area (Å²) in [5.41, 5.74) is 0. The van der Waals surface area contributed by atoms with Gasteiger partial charge in [0, 0.05) is 6.61 Å². The predicted octanol–water partition coefficient (Wildman–Crippen LogP) is 1.91. The summed E-state index contributed by atoms with van der Waals surface area (Å²) in [5.74, 6) is -1.14. The van der Waals surface area contributed by atoms with Gasteiger partial charge < -0.3 is 18.9 Å². The molecule has 0 aromatic rings. The SMILES string of the molecule is C=COC(COCC)(OCC)OCC. The van der Waals surface area contributed by atoms with Gasteiger partial charge >= 0.3 is 5.97 Å². The Labute approximate surface area is 85.8 Å².